The van der Waals surface area contributed by atoms with Gasteiger partial charge in [0.25, 0.3) is 5.91 Å². The van der Waals surface area contributed by atoms with Gasteiger partial charge in [-0.1, -0.05) is 17.7 Å². The molecule has 1 aromatic carbocycles. The summed E-state index contributed by atoms with van der Waals surface area (Å²) in [6.45, 7) is 0.861. The number of hydrogen-bond donors (Lipinski definition) is 1. The van der Waals surface area contributed by atoms with Gasteiger partial charge in [0, 0.05) is 0 Å². The monoisotopic (exact) mass is 256 g/mol. The second-order valence-electron chi connectivity index (χ2n) is 3.60. The first-order chi connectivity index (χ1) is 8.09. The van der Waals surface area contributed by atoms with Crippen molar-refractivity contribution in [3.63, 3.8) is 0 Å². The van der Waals surface area contributed by atoms with Gasteiger partial charge in [-0.25, -0.2) is 0 Å². The number of nitrogens with one attached hydrogen (secondary N) is 1. The second-order valence-corrected chi connectivity index (χ2v) is 4.01. The highest BCUT2D eigenvalue weighted by Gasteiger charge is 2.27. The molecule has 0 spiro atoms. The van der Waals surface area contributed by atoms with Crippen molar-refractivity contribution in [2.24, 2.45) is 0 Å². The summed E-state index contributed by atoms with van der Waals surface area (Å²) in [6, 6.07) is 4.17. The van der Waals surface area contributed by atoms with Gasteiger partial charge < -0.3 is 10.1 Å². The molecule has 90 valence electrons. The molecule has 1 aliphatic rings. The summed E-state index contributed by atoms with van der Waals surface area (Å²) < 4.78 is 4.90. The number of nitro benzene ring substituents is 1. The fourth-order valence-corrected chi connectivity index (χ4v) is 1.71. The molecule has 0 atom stereocenters. The van der Waals surface area contributed by atoms with E-state index in [2.05, 4.69) is 5.32 Å². The van der Waals surface area contributed by atoms with Crippen LogP contribution in [0.25, 0.3) is 0 Å². The van der Waals surface area contributed by atoms with Crippen LogP contribution in [-0.4, -0.2) is 30.1 Å². The van der Waals surface area contributed by atoms with E-state index in [1.807, 2.05) is 0 Å². The van der Waals surface area contributed by atoms with Crippen LogP contribution >= 0.6 is 11.6 Å². The van der Waals surface area contributed by atoms with Crippen LogP contribution in [0.3, 0.4) is 0 Å². The molecule has 6 nitrogen and oxygen atoms in total. The van der Waals surface area contributed by atoms with Crippen LogP contribution in [0, 0.1) is 10.1 Å². The number of benzene rings is 1. The Morgan fingerprint density at radius 2 is 2.24 bits per heavy atom. The predicted octanol–water partition coefficient (Wildman–Crippen LogP) is 1.38. The topological polar surface area (TPSA) is 81.5 Å². The Kier molecular flexibility index (Phi) is 3.26. The van der Waals surface area contributed by atoms with Crippen LogP contribution in [-0.2, 0) is 4.74 Å². The van der Waals surface area contributed by atoms with Crippen molar-refractivity contribution in [1.29, 1.82) is 0 Å². The van der Waals surface area contributed by atoms with E-state index in [-0.39, 0.29) is 22.3 Å². The molecule has 2 rings (SSSR count). The van der Waals surface area contributed by atoms with Crippen LogP contribution in [0.2, 0.25) is 5.02 Å². The van der Waals surface area contributed by atoms with Crippen molar-refractivity contribution < 1.29 is 14.5 Å². The number of carbonyl (C=O) groups is 1. The lowest BCUT2D eigenvalue weighted by Crippen LogP contribution is -2.48. The molecule has 17 heavy (non-hydrogen) atoms. The first kappa shape index (κ1) is 11.8. The molecule has 1 fully saturated rings. The van der Waals surface area contributed by atoms with Gasteiger partial charge in [0.2, 0.25) is 0 Å². The van der Waals surface area contributed by atoms with Crippen molar-refractivity contribution in [3.8, 4) is 0 Å². The largest absolute Gasteiger partial charge is 0.377 e. The molecule has 0 unspecified atom stereocenters. The molecule has 1 N–H and O–H groups in total. The molecule has 1 heterocycles. The van der Waals surface area contributed by atoms with Gasteiger partial charge in [0.15, 0.2) is 0 Å². The minimum Gasteiger partial charge on any atom is -0.377 e. The van der Waals surface area contributed by atoms with E-state index in [1.54, 1.807) is 0 Å². The second kappa shape index (κ2) is 4.68. The summed E-state index contributed by atoms with van der Waals surface area (Å²) in [6.07, 6.45) is 0. The lowest BCUT2D eigenvalue weighted by atomic mass is 10.1. The molecular formula is C10H9ClN2O4. The lowest BCUT2D eigenvalue weighted by Gasteiger charge is -2.26. The van der Waals surface area contributed by atoms with Crippen molar-refractivity contribution >= 4 is 23.2 Å². The van der Waals surface area contributed by atoms with Gasteiger partial charge in [-0.15, -0.1) is 0 Å². The maximum absolute atomic E-state index is 11.8. The van der Waals surface area contributed by atoms with E-state index in [0.717, 1.165) is 0 Å². The third-order valence-electron chi connectivity index (χ3n) is 2.39. The molecule has 7 heteroatoms. The Bertz CT molecular complexity index is 473. The smallest absolute Gasteiger partial charge is 0.300 e. The fraction of sp³-hybridized carbons (Fsp3) is 0.300. The Morgan fingerprint density at radius 1 is 1.53 bits per heavy atom. The summed E-state index contributed by atoms with van der Waals surface area (Å²) in [5.41, 5.74) is -0.402. The van der Waals surface area contributed by atoms with Crippen LogP contribution < -0.4 is 5.32 Å². The highest BCUT2D eigenvalue weighted by Crippen LogP contribution is 2.28. The maximum Gasteiger partial charge on any atom is 0.300 e. The number of hydrogen-bond acceptors (Lipinski definition) is 4. The zero-order valence-electron chi connectivity index (χ0n) is 8.68. The molecule has 0 saturated carbocycles. The first-order valence-electron chi connectivity index (χ1n) is 4.91. The molecule has 1 amide bonds. The standard InChI is InChI=1S/C10H9ClN2O4/c11-8-3-1-2-7(9(8)13(15)16)10(14)12-6-4-17-5-6/h1-3,6H,4-5H2,(H,12,14). The van der Waals surface area contributed by atoms with Crippen LogP contribution in [0.15, 0.2) is 18.2 Å². The molecule has 0 radical (unpaired) electrons. The van der Waals surface area contributed by atoms with Crippen LogP contribution in [0.4, 0.5) is 5.69 Å². The van der Waals surface area contributed by atoms with E-state index >= 15 is 0 Å². The number of amides is 1. The van der Waals surface area contributed by atoms with Gasteiger partial charge in [-0.2, -0.15) is 0 Å². The molecular weight excluding hydrogens is 248 g/mol. The molecule has 1 aromatic rings. The van der Waals surface area contributed by atoms with Gasteiger partial charge in [0.1, 0.15) is 10.6 Å². The highest BCUT2D eigenvalue weighted by atomic mass is 35.5. The van der Waals surface area contributed by atoms with Crippen LogP contribution in [0.5, 0.6) is 0 Å². The zero-order chi connectivity index (χ0) is 12.4. The summed E-state index contributed by atoms with van der Waals surface area (Å²) in [5.74, 6) is -0.507. The number of nitrogens with zero attached hydrogens (tertiary/aromatic N) is 1. The number of rotatable bonds is 3. The fourth-order valence-electron chi connectivity index (χ4n) is 1.47. The Labute approximate surface area is 102 Å². The van der Waals surface area contributed by atoms with Gasteiger partial charge >= 0.3 is 5.69 Å². The molecule has 0 bridgehead atoms. The predicted molar refractivity (Wildman–Crippen MR) is 60.2 cm³/mol. The summed E-state index contributed by atoms with van der Waals surface area (Å²) >= 11 is 5.71. The normalized spacial score (nSPS) is 15.1. The maximum atomic E-state index is 11.8. The van der Waals surface area contributed by atoms with Gasteiger partial charge in [0.05, 0.1) is 24.2 Å². The number of nitro groups is 1. The SMILES string of the molecule is O=C(NC1COC1)c1cccc(Cl)c1[N+](=O)[O-]. The number of carbonyl (C=O) groups excluding carboxylic acids is 1. The van der Waals surface area contributed by atoms with Crippen molar-refractivity contribution in [2.45, 2.75) is 6.04 Å². The minimum absolute atomic E-state index is 0.0330. The third-order valence-corrected chi connectivity index (χ3v) is 2.69. The number of para-hydroxylation sites is 1. The van der Waals surface area contributed by atoms with Crippen molar-refractivity contribution in [1.82, 2.24) is 5.32 Å². The number of halogens is 1. The summed E-state index contributed by atoms with van der Waals surface area (Å²) in [7, 11) is 0. The van der Waals surface area contributed by atoms with Gasteiger partial charge in [-0.3, -0.25) is 14.9 Å². The molecule has 0 aliphatic carbocycles. The molecule has 1 saturated heterocycles. The molecule has 0 aromatic heterocycles. The quantitative estimate of drug-likeness (QED) is 0.654. The summed E-state index contributed by atoms with van der Waals surface area (Å²) in [4.78, 5) is 22.0. The van der Waals surface area contributed by atoms with E-state index < -0.39 is 10.8 Å². The average molecular weight is 257 g/mol. The Morgan fingerprint density at radius 3 is 2.76 bits per heavy atom. The Hall–Kier alpha value is -1.66. The first-order valence-corrected chi connectivity index (χ1v) is 5.29. The van der Waals surface area contributed by atoms with E-state index in [1.165, 1.54) is 18.2 Å². The third kappa shape index (κ3) is 2.37. The van der Waals surface area contributed by atoms with E-state index in [4.69, 9.17) is 16.3 Å². The minimum atomic E-state index is -0.658. The highest BCUT2D eigenvalue weighted by molar-refractivity contribution is 6.33. The summed E-state index contributed by atoms with van der Waals surface area (Å²) in [5, 5.41) is 13.4. The molecule has 1 aliphatic heterocycles. The average Bonchev–Trinajstić information content (AvgIpc) is 2.22. The van der Waals surface area contributed by atoms with Crippen molar-refractivity contribution in [3.05, 3.63) is 38.9 Å². The zero-order valence-corrected chi connectivity index (χ0v) is 9.44. The Balaban J connectivity index is 2.27. The number of ether oxygens (including phenoxy) is 1. The van der Waals surface area contributed by atoms with Crippen molar-refractivity contribution in [2.75, 3.05) is 13.2 Å². The van der Waals surface area contributed by atoms with E-state index in [9.17, 15) is 14.9 Å². The van der Waals surface area contributed by atoms with Crippen LogP contribution in [0.1, 0.15) is 10.4 Å². The van der Waals surface area contributed by atoms with Gasteiger partial charge in [-0.05, 0) is 12.1 Å². The van der Waals surface area contributed by atoms with E-state index in [0.29, 0.717) is 13.2 Å². The lowest BCUT2D eigenvalue weighted by molar-refractivity contribution is -0.385.